The summed E-state index contributed by atoms with van der Waals surface area (Å²) >= 11 is 0. The van der Waals surface area contributed by atoms with Crippen LogP contribution in [-0.4, -0.2) is 62.7 Å². The maximum atomic E-state index is 12.7. The number of rotatable bonds is 8. The molecule has 1 N–H and O–H groups in total. The van der Waals surface area contributed by atoms with E-state index >= 15 is 0 Å². The predicted molar refractivity (Wildman–Crippen MR) is 120 cm³/mol. The molecule has 30 heavy (non-hydrogen) atoms. The number of methoxy groups -OCH3 is 1. The molecule has 7 heteroatoms. The van der Waals surface area contributed by atoms with E-state index in [1.807, 2.05) is 12.1 Å². The van der Waals surface area contributed by atoms with E-state index in [2.05, 4.69) is 41.0 Å². The van der Waals surface area contributed by atoms with Crippen LogP contribution in [-0.2, 0) is 0 Å². The standard InChI is InChI=1S/C23H32N4O3/c1-17(2)9-14-30-20-7-5-18(15-21(20)29-4)23(28)25-19-6-8-22(24-16-19)27-12-10-26(3)11-13-27/h5-8,15-17H,9-14H2,1-4H3,(H,25,28). The van der Waals surface area contributed by atoms with E-state index < -0.39 is 0 Å². The highest BCUT2D eigenvalue weighted by atomic mass is 16.5. The van der Waals surface area contributed by atoms with Crippen molar-refractivity contribution in [1.82, 2.24) is 9.88 Å². The van der Waals surface area contributed by atoms with Crippen molar-refractivity contribution in [3.8, 4) is 11.5 Å². The van der Waals surface area contributed by atoms with Gasteiger partial charge in [-0.25, -0.2) is 4.98 Å². The van der Waals surface area contributed by atoms with Gasteiger partial charge in [-0.05, 0) is 49.7 Å². The summed E-state index contributed by atoms with van der Waals surface area (Å²) in [5.41, 5.74) is 1.17. The summed E-state index contributed by atoms with van der Waals surface area (Å²) in [6.07, 6.45) is 2.66. The molecule has 0 atom stereocenters. The Labute approximate surface area is 179 Å². The van der Waals surface area contributed by atoms with Crippen molar-refractivity contribution in [3.63, 3.8) is 0 Å². The van der Waals surface area contributed by atoms with Gasteiger partial charge in [-0.15, -0.1) is 0 Å². The summed E-state index contributed by atoms with van der Waals surface area (Å²) in [6.45, 7) is 8.89. The maximum Gasteiger partial charge on any atom is 0.255 e. The first-order valence-corrected chi connectivity index (χ1v) is 10.5. The van der Waals surface area contributed by atoms with E-state index in [0.717, 1.165) is 38.4 Å². The van der Waals surface area contributed by atoms with Gasteiger partial charge >= 0.3 is 0 Å². The van der Waals surface area contributed by atoms with Gasteiger partial charge in [0.15, 0.2) is 11.5 Å². The fourth-order valence-electron chi connectivity index (χ4n) is 3.22. The van der Waals surface area contributed by atoms with Gasteiger partial charge in [0.05, 0.1) is 25.6 Å². The van der Waals surface area contributed by atoms with Crippen molar-refractivity contribution in [2.75, 3.05) is 57.2 Å². The first kappa shape index (κ1) is 21.9. The molecule has 2 heterocycles. The lowest BCUT2D eigenvalue weighted by atomic mass is 10.1. The lowest BCUT2D eigenvalue weighted by Gasteiger charge is -2.33. The van der Waals surface area contributed by atoms with Gasteiger partial charge in [-0.2, -0.15) is 0 Å². The van der Waals surface area contributed by atoms with Crippen molar-refractivity contribution in [2.45, 2.75) is 20.3 Å². The van der Waals surface area contributed by atoms with E-state index in [-0.39, 0.29) is 5.91 Å². The molecule has 0 saturated carbocycles. The van der Waals surface area contributed by atoms with Crippen LogP contribution in [0, 0.1) is 5.92 Å². The Morgan fingerprint density at radius 1 is 1.13 bits per heavy atom. The van der Waals surface area contributed by atoms with Gasteiger partial charge in [-0.1, -0.05) is 13.8 Å². The predicted octanol–water partition coefficient (Wildman–Crippen LogP) is 3.52. The Hall–Kier alpha value is -2.80. The molecule has 1 aliphatic rings. The van der Waals surface area contributed by atoms with E-state index in [0.29, 0.717) is 35.3 Å². The molecule has 1 aliphatic heterocycles. The first-order valence-electron chi connectivity index (χ1n) is 10.5. The molecule has 0 unspecified atom stereocenters. The van der Waals surface area contributed by atoms with Crippen molar-refractivity contribution in [2.24, 2.45) is 5.92 Å². The molecule has 1 fully saturated rings. The monoisotopic (exact) mass is 412 g/mol. The average Bonchev–Trinajstić information content (AvgIpc) is 2.75. The highest BCUT2D eigenvalue weighted by molar-refractivity contribution is 6.04. The van der Waals surface area contributed by atoms with Crippen LogP contribution in [0.5, 0.6) is 11.5 Å². The van der Waals surface area contributed by atoms with E-state index in [9.17, 15) is 4.79 Å². The number of anilines is 2. The molecule has 7 nitrogen and oxygen atoms in total. The molecule has 0 radical (unpaired) electrons. The lowest BCUT2D eigenvalue weighted by molar-refractivity contribution is 0.102. The number of piperazine rings is 1. The summed E-state index contributed by atoms with van der Waals surface area (Å²) in [7, 11) is 3.70. The Balaban J connectivity index is 1.61. The minimum Gasteiger partial charge on any atom is -0.493 e. The fraction of sp³-hybridized carbons (Fsp3) is 0.478. The Bertz CT molecular complexity index is 831. The van der Waals surface area contributed by atoms with Crippen LogP contribution in [0.25, 0.3) is 0 Å². The first-order chi connectivity index (χ1) is 14.5. The number of ether oxygens (including phenoxy) is 2. The third-order valence-electron chi connectivity index (χ3n) is 5.21. The molecule has 0 bridgehead atoms. The quantitative estimate of drug-likeness (QED) is 0.716. The van der Waals surface area contributed by atoms with Crippen LogP contribution in [0.3, 0.4) is 0 Å². The zero-order valence-electron chi connectivity index (χ0n) is 18.4. The van der Waals surface area contributed by atoms with E-state index in [1.165, 1.54) is 0 Å². The number of carbonyl (C=O) groups is 1. The van der Waals surface area contributed by atoms with Crippen molar-refractivity contribution in [1.29, 1.82) is 0 Å². The molecule has 3 rings (SSSR count). The summed E-state index contributed by atoms with van der Waals surface area (Å²) in [5.74, 6) is 2.49. The molecule has 1 amide bonds. The van der Waals surface area contributed by atoms with Gasteiger partial charge in [0, 0.05) is 31.7 Å². The zero-order chi connectivity index (χ0) is 21.5. The number of aromatic nitrogens is 1. The SMILES string of the molecule is COc1cc(C(=O)Nc2ccc(N3CCN(C)CC3)nc2)ccc1OCCC(C)C. The van der Waals surface area contributed by atoms with Gasteiger partial charge in [-0.3, -0.25) is 4.79 Å². The third-order valence-corrected chi connectivity index (χ3v) is 5.21. The highest BCUT2D eigenvalue weighted by Crippen LogP contribution is 2.29. The molecule has 1 saturated heterocycles. The third kappa shape index (κ3) is 5.86. The minimum absolute atomic E-state index is 0.212. The molecule has 1 aromatic carbocycles. The molecule has 2 aromatic rings. The Kier molecular flexibility index (Phi) is 7.52. The van der Waals surface area contributed by atoms with Gasteiger partial charge in [0.25, 0.3) is 5.91 Å². The van der Waals surface area contributed by atoms with Crippen LogP contribution in [0.15, 0.2) is 36.5 Å². The number of nitrogens with zero attached hydrogens (tertiary/aromatic N) is 3. The molecule has 162 valence electrons. The van der Waals surface area contributed by atoms with E-state index in [1.54, 1.807) is 31.5 Å². The van der Waals surface area contributed by atoms with Gasteiger partial charge < -0.3 is 24.6 Å². The summed E-state index contributed by atoms with van der Waals surface area (Å²) in [6, 6.07) is 9.07. The van der Waals surface area contributed by atoms with Crippen molar-refractivity contribution in [3.05, 3.63) is 42.1 Å². The number of nitrogens with one attached hydrogen (secondary N) is 1. The normalized spacial score (nSPS) is 14.6. The van der Waals surface area contributed by atoms with Crippen molar-refractivity contribution < 1.29 is 14.3 Å². The van der Waals surface area contributed by atoms with Gasteiger partial charge in [0.1, 0.15) is 5.82 Å². The van der Waals surface area contributed by atoms with Crippen LogP contribution in [0.4, 0.5) is 11.5 Å². The molecular formula is C23H32N4O3. The van der Waals surface area contributed by atoms with Gasteiger partial charge in [0.2, 0.25) is 0 Å². The molecule has 0 aliphatic carbocycles. The maximum absolute atomic E-state index is 12.7. The van der Waals surface area contributed by atoms with E-state index in [4.69, 9.17) is 9.47 Å². The minimum atomic E-state index is -0.212. The number of amides is 1. The topological polar surface area (TPSA) is 66.9 Å². The molecule has 1 aromatic heterocycles. The van der Waals surface area contributed by atoms with Crippen LogP contribution >= 0.6 is 0 Å². The number of hydrogen-bond donors (Lipinski definition) is 1. The second-order valence-electron chi connectivity index (χ2n) is 8.05. The lowest BCUT2D eigenvalue weighted by Crippen LogP contribution is -2.44. The number of benzene rings is 1. The second kappa shape index (κ2) is 10.3. The fourth-order valence-corrected chi connectivity index (χ4v) is 3.22. The van der Waals surface area contributed by atoms with Crippen LogP contribution < -0.4 is 19.7 Å². The number of pyridine rings is 1. The highest BCUT2D eigenvalue weighted by Gasteiger charge is 2.16. The second-order valence-corrected chi connectivity index (χ2v) is 8.05. The summed E-state index contributed by atoms with van der Waals surface area (Å²) < 4.78 is 11.2. The van der Waals surface area contributed by atoms with Crippen molar-refractivity contribution >= 4 is 17.4 Å². The summed E-state index contributed by atoms with van der Waals surface area (Å²) in [5, 5.41) is 2.90. The number of hydrogen-bond acceptors (Lipinski definition) is 6. The smallest absolute Gasteiger partial charge is 0.255 e. The number of likely N-dealkylation sites (N-methyl/N-ethyl adjacent to an activating group) is 1. The zero-order valence-corrected chi connectivity index (χ0v) is 18.4. The Morgan fingerprint density at radius 2 is 1.90 bits per heavy atom. The van der Waals surface area contributed by atoms with Crippen LogP contribution in [0.2, 0.25) is 0 Å². The molecular weight excluding hydrogens is 380 g/mol. The number of carbonyl (C=O) groups excluding carboxylic acids is 1. The largest absolute Gasteiger partial charge is 0.493 e. The summed E-state index contributed by atoms with van der Waals surface area (Å²) in [4.78, 5) is 21.8. The average molecular weight is 413 g/mol. The van der Waals surface area contributed by atoms with Crippen LogP contribution in [0.1, 0.15) is 30.6 Å². The molecule has 0 spiro atoms. The Morgan fingerprint density at radius 3 is 2.53 bits per heavy atom.